The zero-order valence-electron chi connectivity index (χ0n) is 12.3. The van der Waals surface area contributed by atoms with E-state index >= 15 is 0 Å². The lowest BCUT2D eigenvalue weighted by Crippen LogP contribution is -2.59. The number of hydrogen-bond acceptors (Lipinski definition) is 3. The lowest BCUT2D eigenvalue weighted by Gasteiger charge is -2.50. The fourth-order valence-corrected chi connectivity index (χ4v) is 4.48. The molecule has 3 atom stereocenters. The standard InChI is InChI=1S/C16H29NO2/c1-13-4-2-6-15(10-13,12-18)17-14-5-9-19-16(11-14)7-3-8-16/h13-14,17-18H,2-12H2,1H3. The predicted molar refractivity (Wildman–Crippen MR) is 76.1 cm³/mol. The van der Waals surface area contributed by atoms with Gasteiger partial charge in [0.1, 0.15) is 0 Å². The Labute approximate surface area is 117 Å². The van der Waals surface area contributed by atoms with Gasteiger partial charge in [0, 0.05) is 18.2 Å². The fourth-order valence-electron chi connectivity index (χ4n) is 4.48. The molecule has 2 saturated carbocycles. The minimum absolute atomic E-state index is 0.00932. The molecule has 0 aromatic heterocycles. The fraction of sp³-hybridized carbons (Fsp3) is 1.00. The molecular formula is C16H29NO2. The Kier molecular flexibility index (Phi) is 3.89. The van der Waals surface area contributed by atoms with Gasteiger partial charge >= 0.3 is 0 Å². The molecule has 0 radical (unpaired) electrons. The van der Waals surface area contributed by atoms with E-state index in [9.17, 15) is 5.11 Å². The highest BCUT2D eigenvalue weighted by molar-refractivity contribution is 5.00. The zero-order valence-corrected chi connectivity index (χ0v) is 12.3. The molecule has 2 aliphatic carbocycles. The summed E-state index contributed by atoms with van der Waals surface area (Å²) < 4.78 is 6.01. The third-order valence-corrected chi connectivity index (χ3v) is 5.66. The van der Waals surface area contributed by atoms with Gasteiger partial charge in [0.15, 0.2) is 0 Å². The SMILES string of the molecule is CC1CCCC(CO)(NC2CCOC3(CCC3)C2)C1. The van der Waals surface area contributed by atoms with Gasteiger partial charge in [0.25, 0.3) is 0 Å². The summed E-state index contributed by atoms with van der Waals surface area (Å²) in [6.45, 7) is 3.51. The predicted octanol–water partition coefficient (Wildman–Crippen LogP) is 2.62. The van der Waals surface area contributed by atoms with Crippen LogP contribution in [0.2, 0.25) is 0 Å². The van der Waals surface area contributed by atoms with Gasteiger partial charge in [-0.25, -0.2) is 0 Å². The van der Waals surface area contributed by atoms with Crippen LogP contribution in [0.4, 0.5) is 0 Å². The Morgan fingerprint density at radius 2 is 2.00 bits per heavy atom. The Bertz CT molecular complexity index is 316. The van der Waals surface area contributed by atoms with E-state index in [2.05, 4.69) is 12.2 Å². The lowest BCUT2D eigenvalue weighted by atomic mass is 9.72. The highest BCUT2D eigenvalue weighted by Crippen LogP contribution is 2.43. The van der Waals surface area contributed by atoms with E-state index in [0.717, 1.165) is 38.2 Å². The minimum Gasteiger partial charge on any atom is -0.394 e. The van der Waals surface area contributed by atoms with Crippen molar-refractivity contribution < 1.29 is 9.84 Å². The van der Waals surface area contributed by atoms with Gasteiger partial charge in [0.05, 0.1) is 12.2 Å². The minimum atomic E-state index is -0.00932. The third kappa shape index (κ3) is 2.84. The zero-order chi connectivity index (χ0) is 13.3. The topological polar surface area (TPSA) is 41.5 Å². The van der Waals surface area contributed by atoms with Gasteiger partial charge in [-0.05, 0) is 50.9 Å². The number of rotatable bonds is 3. The Balaban J connectivity index is 1.62. The largest absolute Gasteiger partial charge is 0.394 e. The molecule has 2 N–H and O–H groups in total. The van der Waals surface area contributed by atoms with Gasteiger partial charge in [-0.15, -0.1) is 0 Å². The third-order valence-electron chi connectivity index (χ3n) is 5.66. The second-order valence-electron chi connectivity index (χ2n) is 7.36. The van der Waals surface area contributed by atoms with Gasteiger partial charge < -0.3 is 15.2 Å². The number of aliphatic hydroxyl groups excluding tert-OH is 1. The van der Waals surface area contributed by atoms with E-state index in [0.29, 0.717) is 12.6 Å². The monoisotopic (exact) mass is 267 g/mol. The van der Waals surface area contributed by atoms with E-state index < -0.39 is 0 Å². The second-order valence-corrected chi connectivity index (χ2v) is 7.36. The molecule has 110 valence electrons. The molecule has 3 rings (SSSR count). The first kappa shape index (κ1) is 13.8. The van der Waals surface area contributed by atoms with Gasteiger partial charge in [0.2, 0.25) is 0 Å². The van der Waals surface area contributed by atoms with Crippen LogP contribution in [0, 0.1) is 5.92 Å². The summed E-state index contributed by atoms with van der Waals surface area (Å²) in [6.07, 6.45) is 10.9. The number of aliphatic hydroxyl groups is 1. The van der Waals surface area contributed by atoms with E-state index in [-0.39, 0.29) is 11.1 Å². The second kappa shape index (κ2) is 5.34. The lowest BCUT2D eigenvalue weighted by molar-refractivity contribution is -0.139. The first-order valence-electron chi connectivity index (χ1n) is 8.18. The van der Waals surface area contributed by atoms with Crippen LogP contribution in [0.25, 0.3) is 0 Å². The molecule has 3 fully saturated rings. The maximum atomic E-state index is 9.90. The molecule has 3 unspecified atom stereocenters. The Morgan fingerprint density at radius 3 is 2.63 bits per heavy atom. The summed E-state index contributed by atoms with van der Waals surface area (Å²) in [7, 11) is 0. The van der Waals surface area contributed by atoms with Crippen LogP contribution in [-0.2, 0) is 4.74 Å². The average molecular weight is 267 g/mol. The molecule has 1 saturated heterocycles. The van der Waals surface area contributed by atoms with Crippen molar-refractivity contribution in [1.29, 1.82) is 0 Å². The highest BCUT2D eigenvalue weighted by Gasteiger charge is 2.45. The number of ether oxygens (including phenoxy) is 1. The van der Waals surface area contributed by atoms with Crippen LogP contribution in [0.5, 0.6) is 0 Å². The molecule has 19 heavy (non-hydrogen) atoms. The van der Waals surface area contributed by atoms with Crippen molar-refractivity contribution in [2.75, 3.05) is 13.2 Å². The summed E-state index contributed by atoms with van der Waals surface area (Å²) in [5, 5.41) is 13.7. The van der Waals surface area contributed by atoms with E-state index in [1.165, 1.54) is 32.1 Å². The summed E-state index contributed by atoms with van der Waals surface area (Å²) in [5.41, 5.74) is 0.192. The van der Waals surface area contributed by atoms with Crippen molar-refractivity contribution in [2.24, 2.45) is 5.92 Å². The molecule has 3 aliphatic rings. The molecule has 0 aromatic carbocycles. The summed E-state index contributed by atoms with van der Waals surface area (Å²) in [4.78, 5) is 0. The number of nitrogens with one attached hydrogen (secondary N) is 1. The van der Waals surface area contributed by atoms with Crippen LogP contribution in [0.1, 0.15) is 64.7 Å². The molecule has 1 aliphatic heterocycles. The van der Waals surface area contributed by atoms with Crippen LogP contribution in [-0.4, -0.2) is 35.5 Å². The quantitative estimate of drug-likeness (QED) is 0.826. The van der Waals surface area contributed by atoms with Crippen molar-refractivity contribution in [2.45, 2.75) is 81.9 Å². The van der Waals surface area contributed by atoms with Crippen molar-refractivity contribution in [3.05, 3.63) is 0 Å². The van der Waals surface area contributed by atoms with E-state index in [1.54, 1.807) is 0 Å². The van der Waals surface area contributed by atoms with Crippen molar-refractivity contribution >= 4 is 0 Å². The van der Waals surface area contributed by atoms with Crippen molar-refractivity contribution in [1.82, 2.24) is 5.32 Å². The summed E-state index contributed by atoms with van der Waals surface area (Å²) in [6, 6.07) is 0.548. The van der Waals surface area contributed by atoms with Crippen LogP contribution < -0.4 is 5.32 Å². The van der Waals surface area contributed by atoms with Crippen LogP contribution in [0.3, 0.4) is 0 Å². The molecule has 1 spiro atoms. The maximum absolute atomic E-state index is 9.90. The molecule has 1 heterocycles. The first-order chi connectivity index (χ1) is 9.15. The molecule has 0 amide bonds. The average Bonchev–Trinajstić information content (AvgIpc) is 2.37. The Morgan fingerprint density at radius 1 is 1.16 bits per heavy atom. The molecular weight excluding hydrogens is 238 g/mol. The normalized spacial score (nSPS) is 42.0. The maximum Gasteiger partial charge on any atom is 0.0697 e. The summed E-state index contributed by atoms with van der Waals surface area (Å²) >= 11 is 0. The van der Waals surface area contributed by atoms with Gasteiger partial charge in [-0.1, -0.05) is 19.8 Å². The van der Waals surface area contributed by atoms with Crippen LogP contribution in [0.15, 0.2) is 0 Å². The number of hydrogen-bond donors (Lipinski definition) is 2. The summed E-state index contributed by atoms with van der Waals surface area (Å²) in [5.74, 6) is 0.742. The molecule has 3 nitrogen and oxygen atoms in total. The van der Waals surface area contributed by atoms with E-state index in [1.807, 2.05) is 0 Å². The molecule has 0 bridgehead atoms. The Hall–Kier alpha value is -0.120. The molecule has 3 heteroatoms. The van der Waals surface area contributed by atoms with Gasteiger partial charge in [-0.2, -0.15) is 0 Å². The van der Waals surface area contributed by atoms with E-state index in [4.69, 9.17) is 4.74 Å². The first-order valence-corrected chi connectivity index (χ1v) is 8.18. The van der Waals surface area contributed by atoms with Crippen molar-refractivity contribution in [3.63, 3.8) is 0 Å². The van der Waals surface area contributed by atoms with Crippen LogP contribution >= 0.6 is 0 Å². The smallest absolute Gasteiger partial charge is 0.0697 e. The van der Waals surface area contributed by atoms with Gasteiger partial charge in [-0.3, -0.25) is 0 Å². The highest BCUT2D eigenvalue weighted by atomic mass is 16.5. The van der Waals surface area contributed by atoms with Crippen molar-refractivity contribution in [3.8, 4) is 0 Å². The molecule has 0 aromatic rings.